The molecule has 0 atom stereocenters. The molecule has 0 bridgehead atoms. The minimum atomic E-state index is -0.183. The van der Waals surface area contributed by atoms with E-state index in [1.807, 2.05) is 12.1 Å². The first-order valence-corrected chi connectivity index (χ1v) is 8.16. The third-order valence-electron chi connectivity index (χ3n) is 3.64. The van der Waals surface area contributed by atoms with Crippen molar-refractivity contribution in [3.8, 4) is 17.6 Å². The van der Waals surface area contributed by atoms with Gasteiger partial charge in [-0.05, 0) is 29.8 Å². The maximum atomic E-state index is 12.9. The predicted octanol–water partition coefficient (Wildman–Crippen LogP) is 3.21. The van der Waals surface area contributed by atoms with E-state index in [4.69, 9.17) is 14.7 Å². The molecule has 0 spiro atoms. The molecule has 0 saturated heterocycles. The number of benzene rings is 1. The minimum Gasteiger partial charge on any atom is -0.493 e. The Balaban J connectivity index is 2.23. The summed E-state index contributed by atoms with van der Waals surface area (Å²) in [6, 6.07) is 10.8. The Morgan fingerprint density at radius 2 is 2.23 bits per heavy atom. The van der Waals surface area contributed by atoms with Gasteiger partial charge in [-0.15, -0.1) is 0 Å². The Hall–Kier alpha value is -3.33. The highest BCUT2D eigenvalue weighted by molar-refractivity contribution is 5.95. The standard InChI is InChI=1S/C20H21N3O3/c1-3-12-26-18-8-7-17(13-19(18)25-2)20(24)23(11-5-9-21)15-16-6-4-10-22-14-16/h3-4,6-8,10,13-14H,1,5,11-12,15H2,2H3. The lowest BCUT2D eigenvalue weighted by Gasteiger charge is -2.22. The topological polar surface area (TPSA) is 75.5 Å². The van der Waals surface area contributed by atoms with Crippen LogP contribution < -0.4 is 9.47 Å². The summed E-state index contributed by atoms with van der Waals surface area (Å²) in [5.41, 5.74) is 1.37. The number of methoxy groups -OCH3 is 1. The summed E-state index contributed by atoms with van der Waals surface area (Å²) in [7, 11) is 1.52. The van der Waals surface area contributed by atoms with E-state index in [1.54, 1.807) is 41.6 Å². The zero-order valence-corrected chi connectivity index (χ0v) is 14.7. The zero-order chi connectivity index (χ0) is 18.8. The average Bonchev–Trinajstić information content (AvgIpc) is 2.69. The van der Waals surface area contributed by atoms with E-state index < -0.39 is 0 Å². The number of rotatable bonds is 9. The summed E-state index contributed by atoms with van der Waals surface area (Å²) in [5.74, 6) is 0.830. The average molecular weight is 351 g/mol. The van der Waals surface area contributed by atoms with E-state index in [0.717, 1.165) is 5.56 Å². The molecule has 134 valence electrons. The van der Waals surface area contributed by atoms with Crippen molar-refractivity contribution in [3.05, 3.63) is 66.5 Å². The van der Waals surface area contributed by atoms with Gasteiger partial charge in [-0.1, -0.05) is 18.7 Å². The Bertz CT molecular complexity index is 785. The highest BCUT2D eigenvalue weighted by atomic mass is 16.5. The van der Waals surface area contributed by atoms with Gasteiger partial charge in [0.2, 0.25) is 0 Å². The molecule has 6 heteroatoms. The Morgan fingerprint density at radius 1 is 1.38 bits per heavy atom. The number of ether oxygens (including phenoxy) is 2. The second-order valence-corrected chi connectivity index (χ2v) is 5.46. The van der Waals surface area contributed by atoms with E-state index in [0.29, 0.717) is 36.8 Å². The van der Waals surface area contributed by atoms with E-state index in [9.17, 15) is 4.79 Å². The fraction of sp³-hybridized carbons (Fsp3) is 0.250. The first kappa shape index (κ1) is 19.0. The lowest BCUT2D eigenvalue weighted by Crippen LogP contribution is -2.31. The third kappa shape index (κ3) is 5.08. The van der Waals surface area contributed by atoms with Crippen LogP contribution >= 0.6 is 0 Å². The smallest absolute Gasteiger partial charge is 0.254 e. The van der Waals surface area contributed by atoms with E-state index in [2.05, 4.69) is 17.6 Å². The molecule has 0 N–H and O–H groups in total. The summed E-state index contributed by atoms with van der Waals surface area (Å²) in [5, 5.41) is 8.89. The molecule has 0 aliphatic rings. The summed E-state index contributed by atoms with van der Waals surface area (Å²) in [6.07, 6.45) is 5.27. The number of hydrogen-bond donors (Lipinski definition) is 0. The lowest BCUT2D eigenvalue weighted by molar-refractivity contribution is 0.0746. The van der Waals surface area contributed by atoms with Crippen LogP contribution in [0.5, 0.6) is 11.5 Å². The number of pyridine rings is 1. The molecular weight excluding hydrogens is 330 g/mol. The van der Waals surface area contributed by atoms with Crippen LogP contribution in [0.1, 0.15) is 22.3 Å². The maximum absolute atomic E-state index is 12.9. The number of hydrogen-bond acceptors (Lipinski definition) is 5. The normalized spacial score (nSPS) is 9.85. The van der Waals surface area contributed by atoms with Crippen molar-refractivity contribution < 1.29 is 14.3 Å². The third-order valence-corrected chi connectivity index (χ3v) is 3.64. The highest BCUT2D eigenvalue weighted by Gasteiger charge is 2.18. The van der Waals surface area contributed by atoms with Gasteiger partial charge in [0.05, 0.1) is 19.6 Å². The molecule has 0 saturated carbocycles. The highest BCUT2D eigenvalue weighted by Crippen LogP contribution is 2.28. The predicted molar refractivity (Wildman–Crippen MR) is 97.9 cm³/mol. The van der Waals surface area contributed by atoms with E-state index in [-0.39, 0.29) is 12.3 Å². The van der Waals surface area contributed by atoms with Crippen molar-refractivity contribution in [2.24, 2.45) is 0 Å². The Labute approximate surface area is 153 Å². The summed E-state index contributed by atoms with van der Waals surface area (Å²) in [4.78, 5) is 18.6. The molecule has 26 heavy (non-hydrogen) atoms. The Kier molecular flexibility index (Phi) is 7.19. The molecule has 1 heterocycles. The van der Waals surface area contributed by atoms with Gasteiger partial charge >= 0.3 is 0 Å². The van der Waals surface area contributed by atoms with Crippen LogP contribution in [0.4, 0.5) is 0 Å². The van der Waals surface area contributed by atoms with Crippen LogP contribution in [0.3, 0.4) is 0 Å². The van der Waals surface area contributed by atoms with Gasteiger partial charge in [-0.2, -0.15) is 5.26 Å². The van der Waals surface area contributed by atoms with Crippen molar-refractivity contribution in [1.29, 1.82) is 5.26 Å². The number of amides is 1. The minimum absolute atomic E-state index is 0.183. The van der Waals surface area contributed by atoms with E-state index >= 15 is 0 Å². The van der Waals surface area contributed by atoms with Crippen molar-refractivity contribution in [3.63, 3.8) is 0 Å². The molecule has 0 unspecified atom stereocenters. The number of nitriles is 1. The summed E-state index contributed by atoms with van der Waals surface area (Å²) < 4.78 is 10.8. The molecule has 0 fully saturated rings. The Morgan fingerprint density at radius 3 is 2.88 bits per heavy atom. The van der Waals surface area contributed by atoms with Gasteiger partial charge in [0, 0.05) is 31.0 Å². The molecule has 0 aliphatic carbocycles. The molecular formula is C20H21N3O3. The second kappa shape index (κ2) is 9.84. The van der Waals surface area contributed by atoms with Gasteiger partial charge < -0.3 is 14.4 Å². The van der Waals surface area contributed by atoms with Gasteiger partial charge in [0.15, 0.2) is 11.5 Å². The van der Waals surface area contributed by atoms with Crippen LogP contribution in [0, 0.1) is 11.3 Å². The first-order valence-electron chi connectivity index (χ1n) is 8.16. The van der Waals surface area contributed by atoms with Crippen LogP contribution in [0.25, 0.3) is 0 Å². The summed E-state index contributed by atoms with van der Waals surface area (Å²) in [6.45, 7) is 4.67. The molecule has 1 amide bonds. The van der Waals surface area contributed by atoms with E-state index in [1.165, 1.54) is 7.11 Å². The number of carbonyl (C=O) groups is 1. The van der Waals surface area contributed by atoms with Crippen molar-refractivity contribution in [2.45, 2.75) is 13.0 Å². The van der Waals surface area contributed by atoms with Crippen molar-refractivity contribution in [1.82, 2.24) is 9.88 Å². The molecule has 1 aromatic heterocycles. The number of nitrogens with zero attached hydrogens (tertiary/aromatic N) is 3. The molecule has 1 aromatic carbocycles. The molecule has 0 aliphatic heterocycles. The zero-order valence-electron chi connectivity index (χ0n) is 14.7. The first-order chi connectivity index (χ1) is 12.7. The lowest BCUT2D eigenvalue weighted by atomic mass is 10.1. The molecule has 0 radical (unpaired) electrons. The van der Waals surface area contributed by atoms with Crippen molar-refractivity contribution >= 4 is 5.91 Å². The fourth-order valence-electron chi connectivity index (χ4n) is 2.40. The largest absolute Gasteiger partial charge is 0.493 e. The van der Waals surface area contributed by atoms with Crippen LogP contribution in [-0.4, -0.2) is 36.1 Å². The van der Waals surface area contributed by atoms with Crippen molar-refractivity contribution in [2.75, 3.05) is 20.3 Å². The molecule has 2 aromatic rings. The monoisotopic (exact) mass is 351 g/mol. The number of carbonyl (C=O) groups excluding carboxylic acids is 1. The molecule has 6 nitrogen and oxygen atoms in total. The SMILES string of the molecule is C=CCOc1ccc(C(=O)N(CCC#N)Cc2cccnc2)cc1OC. The fourth-order valence-corrected chi connectivity index (χ4v) is 2.40. The van der Waals surface area contributed by atoms with Crippen LogP contribution in [0.2, 0.25) is 0 Å². The van der Waals surface area contributed by atoms with Gasteiger partial charge in [-0.3, -0.25) is 9.78 Å². The van der Waals surface area contributed by atoms with Gasteiger partial charge in [-0.25, -0.2) is 0 Å². The van der Waals surface area contributed by atoms with Gasteiger partial charge in [0.1, 0.15) is 6.61 Å². The van der Waals surface area contributed by atoms with Crippen LogP contribution in [0.15, 0.2) is 55.4 Å². The maximum Gasteiger partial charge on any atom is 0.254 e. The van der Waals surface area contributed by atoms with Gasteiger partial charge in [0.25, 0.3) is 5.91 Å². The summed E-state index contributed by atoms with van der Waals surface area (Å²) >= 11 is 0. The number of aromatic nitrogens is 1. The second-order valence-electron chi connectivity index (χ2n) is 5.46. The molecule has 2 rings (SSSR count). The van der Waals surface area contributed by atoms with Crippen LogP contribution in [-0.2, 0) is 6.54 Å². The quantitative estimate of drug-likeness (QED) is 0.649.